The number of aromatic nitrogens is 1. The van der Waals surface area contributed by atoms with Gasteiger partial charge in [-0.2, -0.15) is 0 Å². The van der Waals surface area contributed by atoms with E-state index in [9.17, 15) is 8.42 Å². The molecule has 3 N–H and O–H groups in total. The van der Waals surface area contributed by atoms with E-state index in [1.165, 1.54) is 17.5 Å². The van der Waals surface area contributed by atoms with Crippen LogP contribution in [0.2, 0.25) is 0 Å². The predicted octanol–water partition coefficient (Wildman–Crippen LogP) is 1.71. The van der Waals surface area contributed by atoms with Gasteiger partial charge in [-0.05, 0) is 30.5 Å². The van der Waals surface area contributed by atoms with Gasteiger partial charge in [-0.25, -0.2) is 8.42 Å². The fourth-order valence-corrected chi connectivity index (χ4v) is 3.84. The Bertz CT molecular complexity index is 633. The van der Waals surface area contributed by atoms with Crippen LogP contribution in [0.25, 0.3) is 0 Å². The van der Waals surface area contributed by atoms with E-state index < -0.39 is 10.0 Å². The Labute approximate surface area is 110 Å². The van der Waals surface area contributed by atoms with Gasteiger partial charge in [-0.3, -0.25) is 9.71 Å². The lowest BCUT2D eigenvalue weighted by Crippen LogP contribution is -2.14. The number of hydrogen-bond donors (Lipinski definition) is 2. The van der Waals surface area contributed by atoms with Crippen LogP contribution in [0.4, 0.5) is 5.69 Å². The number of anilines is 1. The van der Waals surface area contributed by atoms with Crippen molar-refractivity contribution < 1.29 is 8.42 Å². The minimum absolute atomic E-state index is 0.208. The van der Waals surface area contributed by atoms with Crippen LogP contribution in [-0.4, -0.2) is 13.4 Å². The summed E-state index contributed by atoms with van der Waals surface area (Å²) < 4.78 is 26.8. The number of nitrogens with one attached hydrogen (secondary N) is 1. The molecule has 0 saturated heterocycles. The first-order valence-electron chi connectivity index (χ1n) is 5.25. The summed E-state index contributed by atoms with van der Waals surface area (Å²) in [7, 11) is -3.59. The van der Waals surface area contributed by atoms with Crippen LogP contribution in [-0.2, 0) is 16.6 Å². The van der Waals surface area contributed by atoms with Gasteiger partial charge < -0.3 is 5.73 Å². The van der Waals surface area contributed by atoms with Crippen LogP contribution < -0.4 is 10.5 Å². The Morgan fingerprint density at radius 2 is 2.17 bits per heavy atom. The molecule has 2 rings (SSSR count). The van der Waals surface area contributed by atoms with E-state index in [1.54, 1.807) is 23.6 Å². The standard InChI is InChI=1S/C11H13N3O2S2/c1-8-2-3-9(7-13-8)14-18(15,16)11-4-5-17-10(11)6-12/h2-5,7,14H,6,12H2,1H3. The molecule has 0 aliphatic rings. The molecule has 0 fully saturated rings. The van der Waals surface area contributed by atoms with E-state index in [0.717, 1.165) is 5.69 Å². The molecular weight excluding hydrogens is 270 g/mol. The lowest BCUT2D eigenvalue weighted by Gasteiger charge is -2.07. The van der Waals surface area contributed by atoms with Crippen molar-refractivity contribution in [3.05, 3.63) is 40.3 Å². The molecule has 0 aliphatic carbocycles. The Kier molecular flexibility index (Phi) is 3.65. The molecule has 7 heteroatoms. The van der Waals surface area contributed by atoms with E-state index in [4.69, 9.17) is 5.73 Å². The van der Waals surface area contributed by atoms with E-state index >= 15 is 0 Å². The van der Waals surface area contributed by atoms with Gasteiger partial charge in [-0.15, -0.1) is 11.3 Å². The molecule has 96 valence electrons. The first kappa shape index (κ1) is 13.0. The fourth-order valence-electron chi connectivity index (χ4n) is 1.46. The number of sulfonamides is 1. The van der Waals surface area contributed by atoms with E-state index in [1.807, 2.05) is 6.92 Å². The number of hydrogen-bond acceptors (Lipinski definition) is 5. The van der Waals surface area contributed by atoms with Gasteiger partial charge in [0.25, 0.3) is 10.0 Å². The number of nitrogens with zero attached hydrogens (tertiary/aromatic N) is 1. The summed E-state index contributed by atoms with van der Waals surface area (Å²) in [6, 6.07) is 4.97. The number of rotatable bonds is 4. The maximum absolute atomic E-state index is 12.1. The van der Waals surface area contributed by atoms with Gasteiger partial charge in [0, 0.05) is 17.1 Å². The fraction of sp³-hybridized carbons (Fsp3) is 0.182. The summed E-state index contributed by atoms with van der Waals surface area (Å²) in [5.74, 6) is 0. The molecule has 0 atom stereocenters. The van der Waals surface area contributed by atoms with Crippen LogP contribution in [0, 0.1) is 6.92 Å². The smallest absolute Gasteiger partial charge is 0.263 e. The maximum Gasteiger partial charge on any atom is 0.263 e. The predicted molar refractivity (Wildman–Crippen MR) is 72.0 cm³/mol. The van der Waals surface area contributed by atoms with Gasteiger partial charge in [0.2, 0.25) is 0 Å². The summed E-state index contributed by atoms with van der Waals surface area (Å²) in [5.41, 5.74) is 6.78. The Morgan fingerprint density at radius 1 is 1.39 bits per heavy atom. The van der Waals surface area contributed by atoms with Crippen LogP contribution in [0.1, 0.15) is 10.6 Å². The number of aryl methyl sites for hydroxylation is 1. The number of nitrogens with two attached hydrogens (primary N) is 1. The lowest BCUT2D eigenvalue weighted by atomic mass is 10.4. The molecule has 0 unspecified atom stereocenters. The highest BCUT2D eigenvalue weighted by molar-refractivity contribution is 7.93. The van der Waals surface area contributed by atoms with E-state index in [2.05, 4.69) is 9.71 Å². The molecule has 2 heterocycles. The minimum Gasteiger partial charge on any atom is -0.326 e. The Morgan fingerprint density at radius 3 is 2.78 bits per heavy atom. The van der Waals surface area contributed by atoms with Crippen molar-refractivity contribution >= 4 is 27.0 Å². The zero-order valence-electron chi connectivity index (χ0n) is 9.75. The molecule has 0 radical (unpaired) electrons. The zero-order valence-corrected chi connectivity index (χ0v) is 11.4. The van der Waals surface area contributed by atoms with Crippen molar-refractivity contribution in [2.75, 3.05) is 4.72 Å². The minimum atomic E-state index is -3.59. The summed E-state index contributed by atoms with van der Waals surface area (Å²) in [4.78, 5) is 4.91. The molecule has 5 nitrogen and oxygen atoms in total. The molecule has 0 aromatic carbocycles. The largest absolute Gasteiger partial charge is 0.326 e. The van der Waals surface area contributed by atoms with Crippen LogP contribution in [0.5, 0.6) is 0 Å². The van der Waals surface area contributed by atoms with Crippen molar-refractivity contribution in [1.82, 2.24) is 4.98 Å². The molecule has 0 saturated carbocycles. The second-order valence-corrected chi connectivity index (χ2v) is 6.36. The molecule has 0 spiro atoms. The van der Waals surface area contributed by atoms with Crippen molar-refractivity contribution in [2.24, 2.45) is 5.73 Å². The van der Waals surface area contributed by atoms with Crippen LogP contribution in [0.15, 0.2) is 34.7 Å². The topological polar surface area (TPSA) is 85.1 Å². The lowest BCUT2D eigenvalue weighted by molar-refractivity contribution is 0.600. The normalized spacial score (nSPS) is 11.4. The third-order valence-electron chi connectivity index (χ3n) is 2.34. The summed E-state index contributed by atoms with van der Waals surface area (Å²) in [6.07, 6.45) is 1.49. The summed E-state index contributed by atoms with van der Waals surface area (Å²) >= 11 is 1.33. The summed E-state index contributed by atoms with van der Waals surface area (Å²) in [5, 5.41) is 1.71. The van der Waals surface area contributed by atoms with Crippen LogP contribution in [0.3, 0.4) is 0 Å². The quantitative estimate of drug-likeness (QED) is 0.894. The average molecular weight is 283 g/mol. The average Bonchev–Trinajstić information content (AvgIpc) is 2.81. The van der Waals surface area contributed by atoms with Crippen molar-refractivity contribution in [3.63, 3.8) is 0 Å². The van der Waals surface area contributed by atoms with Gasteiger partial charge in [0.15, 0.2) is 0 Å². The van der Waals surface area contributed by atoms with E-state index in [0.29, 0.717) is 10.6 Å². The highest BCUT2D eigenvalue weighted by atomic mass is 32.2. The molecule has 2 aromatic rings. The van der Waals surface area contributed by atoms with E-state index in [-0.39, 0.29) is 11.4 Å². The van der Waals surface area contributed by atoms with Gasteiger partial charge >= 0.3 is 0 Å². The van der Waals surface area contributed by atoms with Crippen molar-refractivity contribution in [3.8, 4) is 0 Å². The molecular formula is C11H13N3O2S2. The van der Waals surface area contributed by atoms with Crippen molar-refractivity contribution in [1.29, 1.82) is 0 Å². The second-order valence-electron chi connectivity index (χ2n) is 3.71. The number of thiophene rings is 1. The monoisotopic (exact) mass is 283 g/mol. The maximum atomic E-state index is 12.1. The highest BCUT2D eigenvalue weighted by Gasteiger charge is 2.19. The van der Waals surface area contributed by atoms with Gasteiger partial charge in [-0.1, -0.05) is 0 Å². The SMILES string of the molecule is Cc1ccc(NS(=O)(=O)c2ccsc2CN)cn1. The third kappa shape index (κ3) is 2.69. The molecule has 2 aromatic heterocycles. The second kappa shape index (κ2) is 5.05. The molecule has 0 aliphatic heterocycles. The summed E-state index contributed by atoms with van der Waals surface area (Å²) in [6.45, 7) is 2.05. The molecule has 0 bridgehead atoms. The third-order valence-corrected chi connectivity index (χ3v) is 4.88. The Hall–Kier alpha value is -1.44. The molecule has 0 amide bonds. The van der Waals surface area contributed by atoms with Gasteiger partial charge in [0.1, 0.15) is 4.90 Å². The molecule has 18 heavy (non-hydrogen) atoms. The first-order chi connectivity index (χ1) is 8.53. The highest BCUT2D eigenvalue weighted by Crippen LogP contribution is 2.23. The van der Waals surface area contributed by atoms with Gasteiger partial charge in [0.05, 0.1) is 11.9 Å². The first-order valence-corrected chi connectivity index (χ1v) is 7.61. The zero-order chi connectivity index (χ0) is 13.2. The Balaban J connectivity index is 2.30. The van der Waals surface area contributed by atoms with Crippen LogP contribution >= 0.6 is 11.3 Å². The van der Waals surface area contributed by atoms with Crippen molar-refractivity contribution in [2.45, 2.75) is 18.4 Å². The number of pyridine rings is 1.